The van der Waals surface area contributed by atoms with Crippen molar-refractivity contribution in [2.24, 2.45) is 0 Å². The molecule has 1 aromatic heterocycles. The first-order valence-corrected chi connectivity index (χ1v) is 9.07. The van der Waals surface area contributed by atoms with Gasteiger partial charge < -0.3 is 4.74 Å². The predicted molar refractivity (Wildman–Crippen MR) is 88.5 cm³/mol. The number of aromatic nitrogens is 2. The molecular weight excluding hydrogens is 333 g/mol. The van der Waals surface area contributed by atoms with E-state index in [2.05, 4.69) is 14.7 Å². The van der Waals surface area contributed by atoms with Crippen molar-refractivity contribution < 1.29 is 17.5 Å². The summed E-state index contributed by atoms with van der Waals surface area (Å²) in [6, 6.07) is 7.14. The standard InChI is InChI=1S/C16H20FN3O3S/c1-3-15(8-16-18-10-13(17)11-19-16)24(21,22)20-9-12-4-6-14(23-2)7-5-12/h4-7,10-11,15,20H,3,8-9H2,1-2H3. The Bertz CT molecular complexity index is 749. The summed E-state index contributed by atoms with van der Waals surface area (Å²) in [4.78, 5) is 7.65. The summed E-state index contributed by atoms with van der Waals surface area (Å²) >= 11 is 0. The number of ether oxygens (including phenoxy) is 1. The lowest BCUT2D eigenvalue weighted by Gasteiger charge is -2.16. The Morgan fingerprint density at radius 2 is 1.83 bits per heavy atom. The van der Waals surface area contributed by atoms with Crippen LogP contribution in [0.5, 0.6) is 5.75 Å². The van der Waals surface area contributed by atoms with Crippen molar-refractivity contribution in [2.45, 2.75) is 31.6 Å². The average molecular weight is 353 g/mol. The van der Waals surface area contributed by atoms with Gasteiger partial charge in [0, 0.05) is 13.0 Å². The smallest absolute Gasteiger partial charge is 0.215 e. The highest BCUT2D eigenvalue weighted by atomic mass is 32.2. The summed E-state index contributed by atoms with van der Waals surface area (Å²) in [5.41, 5.74) is 0.826. The van der Waals surface area contributed by atoms with Gasteiger partial charge in [-0.25, -0.2) is 27.5 Å². The lowest BCUT2D eigenvalue weighted by molar-refractivity contribution is 0.414. The molecule has 1 atom stereocenters. The number of benzene rings is 1. The van der Waals surface area contributed by atoms with Crippen molar-refractivity contribution in [1.82, 2.24) is 14.7 Å². The fourth-order valence-corrected chi connectivity index (χ4v) is 3.58. The van der Waals surface area contributed by atoms with Crippen LogP contribution < -0.4 is 9.46 Å². The van der Waals surface area contributed by atoms with Crippen molar-refractivity contribution in [2.75, 3.05) is 7.11 Å². The molecule has 0 aliphatic rings. The largest absolute Gasteiger partial charge is 0.497 e. The predicted octanol–water partition coefficient (Wildman–Crippen LogP) is 2.07. The van der Waals surface area contributed by atoms with E-state index in [1.165, 1.54) is 0 Å². The van der Waals surface area contributed by atoms with Gasteiger partial charge >= 0.3 is 0 Å². The lowest BCUT2D eigenvalue weighted by atomic mass is 10.2. The third-order valence-corrected chi connectivity index (χ3v) is 5.54. The maximum absolute atomic E-state index is 12.8. The second-order valence-electron chi connectivity index (χ2n) is 5.27. The Morgan fingerprint density at radius 1 is 1.21 bits per heavy atom. The Hall–Kier alpha value is -2.06. The van der Waals surface area contributed by atoms with Gasteiger partial charge in [-0.2, -0.15) is 0 Å². The van der Waals surface area contributed by atoms with E-state index in [4.69, 9.17) is 4.74 Å². The van der Waals surface area contributed by atoms with E-state index in [9.17, 15) is 12.8 Å². The Kier molecular flexibility index (Phi) is 6.22. The molecule has 0 spiro atoms. The highest BCUT2D eigenvalue weighted by Gasteiger charge is 2.24. The van der Waals surface area contributed by atoms with Crippen LogP contribution in [0.25, 0.3) is 0 Å². The molecule has 0 aliphatic heterocycles. The van der Waals surface area contributed by atoms with Crippen LogP contribution in [0, 0.1) is 5.82 Å². The van der Waals surface area contributed by atoms with Crippen molar-refractivity contribution in [3.8, 4) is 5.75 Å². The summed E-state index contributed by atoms with van der Waals surface area (Å²) in [5.74, 6) is 0.465. The van der Waals surface area contributed by atoms with Gasteiger partial charge in [-0.05, 0) is 24.1 Å². The van der Waals surface area contributed by atoms with Crippen LogP contribution in [0.2, 0.25) is 0 Å². The molecule has 2 rings (SSSR count). The number of nitrogens with zero attached hydrogens (tertiary/aromatic N) is 2. The molecule has 1 unspecified atom stereocenters. The Morgan fingerprint density at radius 3 is 2.38 bits per heavy atom. The van der Waals surface area contributed by atoms with Gasteiger partial charge in [0.2, 0.25) is 10.0 Å². The molecule has 2 aromatic rings. The molecule has 0 amide bonds. The van der Waals surface area contributed by atoms with Gasteiger partial charge in [0.05, 0.1) is 24.8 Å². The zero-order valence-corrected chi connectivity index (χ0v) is 14.4. The fraction of sp³-hybridized carbons (Fsp3) is 0.375. The van der Waals surface area contributed by atoms with E-state index in [0.29, 0.717) is 18.0 Å². The summed E-state index contributed by atoms with van der Waals surface area (Å²) in [6.07, 6.45) is 2.60. The van der Waals surface area contributed by atoms with Crippen LogP contribution in [0.1, 0.15) is 24.7 Å². The third kappa shape index (κ3) is 4.97. The molecule has 1 heterocycles. The van der Waals surface area contributed by atoms with Crippen molar-refractivity contribution >= 4 is 10.0 Å². The number of halogens is 1. The molecule has 8 heteroatoms. The Balaban J connectivity index is 2.01. The van der Waals surface area contributed by atoms with Crippen molar-refractivity contribution in [3.63, 3.8) is 0 Å². The van der Waals surface area contributed by atoms with E-state index in [1.54, 1.807) is 38.3 Å². The monoisotopic (exact) mass is 353 g/mol. The lowest BCUT2D eigenvalue weighted by Crippen LogP contribution is -2.35. The molecular formula is C16H20FN3O3S. The minimum absolute atomic E-state index is 0.134. The van der Waals surface area contributed by atoms with Crippen molar-refractivity contribution in [1.29, 1.82) is 0 Å². The molecule has 1 aromatic carbocycles. The molecule has 0 fully saturated rings. The Labute approximate surface area is 141 Å². The van der Waals surface area contributed by atoms with E-state index < -0.39 is 21.1 Å². The van der Waals surface area contributed by atoms with Gasteiger partial charge in [0.15, 0.2) is 5.82 Å². The minimum atomic E-state index is -3.55. The summed E-state index contributed by atoms with van der Waals surface area (Å²) < 4.78 is 45.4. The molecule has 1 N–H and O–H groups in total. The number of hydrogen-bond donors (Lipinski definition) is 1. The van der Waals surface area contributed by atoms with E-state index in [0.717, 1.165) is 18.0 Å². The maximum Gasteiger partial charge on any atom is 0.215 e. The van der Waals surface area contributed by atoms with Gasteiger partial charge in [0.1, 0.15) is 11.6 Å². The molecule has 130 valence electrons. The molecule has 6 nitrogen and oxygen atoms in total. The zero-order valence-electron chi connectivity index (χ0n) is 13.6. The molecule has 0 radical (unpaired) electrons. The third-order valence-electron chi connectivity index (χ3n) is 3.61. The number of methoxy groups -OCH3 is 1. The topological polar surface area (TPSA) is 81.2 Å². The zero-order chi connectivity index (χ0) is 17.6. The number of rotatable bonds is 8. The SMILES string of the molecule is CCC(Cc1ncc(F)cn1)S(=O)(=O)NCc1ccc(OC)cc1. The normalized spacial score (nSPS) is 12.8. The van der Waals surface area contributed by atoms with E-state index in [1.807, 2.05) is 0 Å². The molecule has 0 aliphatic carbocycles. The molecule has 24 heavy (non-hydrogen) atoms. The first-order chi connectivity index (χ1) is 11.4. The van der Waals surface area contributed by atoms with Gasteiger partial charge in [-0.1, -0.05) is 19.1 Å². The first kappa shape index (κ1) is 18.3. The number of nitrogens with one attached hydrogen (secondary N) is 1. The second kappa shape index (κ2) is 8.16. The summed E-state index contributed by atoms with van der Waals surface area (Å²) in [7, 11) is -1.98. The van der Waals surface area contributed by atoms with Crippen LogP contribution in [-0.4, -0.2) is 30.7 Å². The summed E-state index contributed by atoms with van der Waals surface area (Å²) in [5, 5.41) is -0.679. The van der Waals surface area contributed by atoms with Crippen LogP contribution in [0.4, 0.5) is 4.39 Å². The average Bonchev–Trinajstić information content (AvgIpc) is 2.59. The summed E-state index contributed by atoms with van der Waals surface area (Å²) in [6.45, 7) is 1.97. The van der Waals surface area contributed by atoms with E-state index in [-0.39, 0.29) is 13.0 Å². The van der Waals surface area contributed by atoms with Gasteiger partial charge in [-0.3, -0.25) is 0 Å². The van der Waals surface area contributed by atoms with E-state index >= 15 is 0 Å². The highest BCUT2D eigenvalue weighted by molar-refractivity contribution is 7.90. The van der Waals surface area contributed by atoms with Crippen LogP contribution in [-0.2, 0) is 23.0 Å². The molecule has 0 saturated carbocycles. The quantitative estimate of drug-likeness (QED) is 0.786. The maximum atomic E-state index is 12.8. The number of sulfonamides is 1. The van der Waals surface area contributed by atoms with Crippen LogP contribution in [0.15, 0.2) is 36.7 Å². The second-order valence-corrected chi connectivity index (χ2v) is 7.31. The van der Waals surface area contributed by atoms with Crippen LogP contribution >= 0.6 is 0 Å². The van der Waals surface area contributed by atoms with Gasteiger partial charge in [-0.15, -0.1) is 0 Å². The first-order valence-electron chi connectivity index (χ1n) is 7.52. The minimum Gasteiger partial charge on any atom is -0.497 e. The fourth-order valence-electron chi connectivity index (χ4n) is 2.17. The van der Waals surface area contributed by atoms with Crippen molar-refractivity contribution in [3.05, 3.63) is 53.9 Å². The number of hydrogen-bond acceptors (Lipinski definition) is 5. The molecule has 0 saturated heterocycles. The van der Waals surface area contributed by atoms with Crippen LogP contribution in [0.3, 0.4) is 0 Å². The highest BCUT2D eigenvalue weighted by Crippen LogP contribution is 2.13. The van der Waals surface area contributed by atoms with Gasteiger partial charge in [0.25, 0.3) is 0 Å². The molecule has 0 bridgehead atoms.